The van der Waals surface area contributed by atoms with Crippen LogP contribution in [0.25, 0.3) is 0 Å². The molecule has 0 fully saturated rings. The van der Waals surface area contributed by atoms with E-state index < -0.39 is 0 Å². The van der Waals surface area contributed by atoms with Crippen molar-refractivity contribution in [1.82, 2.24) is 9.97 Å². The highest BCUT2D eigenvalue weighted by Gasteiger charge is 2.15. The van der Waals surface area contributed by atoms with Gasteiger partial charge in [0.25, 0.3) is 0 Å². The highest BCUT2D eigenvalue weighted by Crippen LogP contribution is 2.14. The van der Waals surface area contributed by atoms with Crippen LogP contribution in [0.3, 0.4) is 0 Å². The molecule has 0 bridgehead atoms. The lowest BCUT2D eigenvalue weighted by molar-refractivity contribution is 0.103. The molecule has 0 spiro atoms. The van der Waals surface area contributed by atoms with Gasteiger partial charge >= 0.3 is 0 Å². The summed E-state index contributed by atoms with van der Waals surface area (Å²) >= 11 is 0. The summed E-state index contributed by atoms with van der Waals surface area (Å²) in [5.41, 5.74) is 3.06. The molecule has 2 aromatic rings. The van der Waals surface area contributed by atoms with Gasteiger partial charge in [-0.3, -0.25) is 14.8 Å². The lowest BCUT2D eigenvalue weighted by Crippen LogP contribution is -2.09. The molecule has 0 radical (unpaired) electrons. The molecule has 0 unspecified atom stereocenters. The van der Waals surface area contributed by atoms with Crippen molar-refractivity contribution in [3.63, 3.8) is 0 Å². The monoisotopic (exact) mass is 226 g/mol. The van der Waals surface area contributed by atoms with Gasteiger partial charge in [0, 0.05) is 24.2 Å². The molecule has 0 atom stereocenters. The fourth-order valence-electron chi connectivity index (χ4n) is 1.76. The van der Waals surface area contributed by atoms with Crippen LogP contribution in [0.4, 0.5) is 0 Å². The lowest BCUT2D eigenvalue weighted by Gasteiger charge is -2.07. The summed E-state index contributed by atoms with van der Waals surface area (Å²) in [5.74, 6) is -0.0481. The quantitative estimate of drug-likeness (QED) is 0.755. The average Bonchev–Trinajstić information content (AvgIpc) is 2.38. The standard InChI is InChI=1S/C14H14N2O/c1-3-11-5-4-7-16-13(11)14(17)12-9-15-8-6-10(12)2/h4-9H,3H2,1-2H3. The summed E-state index contributed by atoms with van der Waals surface area (Å²) in [4.78, 5) is 20.5. The minimum Gasteiger partial charge on any atom is -0.287 e. The number of ketones is 1. The van der Waals surface area contributed by atoms with Crippen molar-refractivity contribution < 1.29 is 4.79 Å². The minimum absolute atomic E-state index is 0.0481. The van der Waals surface area contributed by atoms with Gasteiger partial charge in [0.05, 0.1) is 0 Å². The minimum atomic E-state index is -0.0481. The first-order chi connectivity index (χ1) is 8.24. The molecule has 0 N–H and O–H groups in total. The second-order valence-electron chi connectivity index (χ2n) is 3.88. The average molecular weight is 226 g/mol. The molecule has 0 aliphatic rings. The Kier molecular flexibility index (Phi) is 3.28. The molecule has 0 saturated carbocycles. The van der Waals surface area contributed by atoms with E-state index in [1.165, 1.54) is 0 Å². The molecule has 2 heterocycles. The SMILES string of the molecule is CCc1cccnc1C(=O)c1cnccc1C. The summed E-state index contributed by atoms with van der Waals surface area (Å²) in [6.07, 6.45) is 5.74. The zero-order valence-electron chi connectivity index (χ0n) is 9.97. The fraction of sp³-hybridized carbons (Fsp3) is 0.214. The topological polar surface area (TPSA) is 42.9 Å². The Morgan fingerprint density at radius 1 is 1.29 bits per heavy atom. The van der Waals surface area contributed by atoms with Crippen molar-refractivity contribution in [2.45, 2.75) is 20.3 Å². The van der Waals surface area contributed by atoms with Gasteiger partial charge in [-0.25, -0.2) is 0 Å². The second-order valence-corrected chi connectivity index (χ2v) is 3.88. The molecule has 0 aromatic carbocycles. The third-order valence-corrected chi connectivity index (χ3v) is 2.77. The third-order valence-electron chi connectivity index (χ3n) is 2.77. The van der Waals surface area contributed by atoms with E-state index in [1.807, 2.05) is 32.0 Å². The predicted octanol–water partition coefficient (Wildman–Crippen LogP) is 2.58. The van der Waals surface area contributed by atoms with E-state index in [1.54, 1.807) is 18.6 Å². The van der Waals surface area contributed by atoms with E-state index in [2.05, 4.69) is 9.97 Å². The Hall–Kier alpha value is -2.03. The molecular formula is C14H14N2O. The van der Waals surface area contributed by atoms with Crippen LogP contribution in [-0.2, 0) is 6.42 Å². The highest BCUT2D eigenvalue weighted by molar-refractivity contribution is 6.09. The fourth-order valence-corrected chi connectivity index (χ4v) is 1.76. The van der Waals surface area contributed by atoms with E-state index in [0.717, 1.165) is 17.5 Å². The molecule has 86 valence electrons. The van der Waals surface area contributed by atoms with Gasteiger partial charge in [-0.15, -0.1) is 0 Å². The number of pyridine rings is 2. The van der Waals surface area contributed by atoms with Gasteiger partial charge < -0.3 is 0 Å². The summed E-state index contributed by atoms with van der Waals surface area (Å²) in [6, 6.07) is 5.62. The Balaban J connectivity index is 2.48. The maximum Gasteiger partial charge on any atom is 0.213 e. The van der Waals surface area contributed by atoms with Crippen LogP contribution < -0.4 is 0 Å². The number of aryl methyl sites for hydroxylation is 2. The van der Waals surface area contributed by atoms with Crippen molar-refractivity contribution in [1.29, 1.82) is 0 Å². The zero-order chi connectivity index (χ0) is 12.3. The molecule has 0 amide bonds. The van der Waals surface area contributed by atoms with E-state index >= 15 is 0 Å². The second kappa shape index (κ2) is 4.87. The number of hydrogen-bond acceptors (Lipinski definition) is 3. The van der Waals surface area contributed by atoms with Gasteiger partial charge in [-0.05, 0) is 36.6 Å². The summed E-state index contributed by atoms with van der Waals surface area (Å²) in [5, 5.41) is 0. The Labute approximate surface area is 101 Å². The Morgan fingerprint density at radius 2 is 2.12 bits per heavy atom. The van der Waals surface area contributed by atoms with Gasteiger partial charge in [0.2, 0.25) is 5.78 Å². The molecule has 0 saturated heterocycles. The summed E-state index contributed by atoms with van der Waals surface area (Å²) in [6.45, 7) is 3.92. The number of aromatic nitrogens is 2. The molecule has 0 aliphatic heterocycles. The maximum atomic E-state index is 12.3. The molecule has 3 nitrogen and oxygen atoms in total. The lowest BCUT2D eigenvalue weighted by atomic mass is 10.0. The molecule has 0 aliphatic carbocycles. The summed E-state index contributed by atoms with van der Waals surface area (Å²) in [7, 11) is 0. The van der Waals surface area contributed by atoms with E-state index in [4.69, 9.17) is 0 Å². The largest absolute Gasteiger partial charge is 0.287 e. The molecule has 3 heteroatoms. The van der Waals surface area contributed by atoms with Crippen LogP contribution in [0.15, 0.2) is 36.8 Å². The Morgan fingerprint density at radius 3 is 2.82 bits per heavy atom. The van der Waals surface area contributed by atoms with Crippen molar-refractivity contribution in [3.8, 4) is 0 Å². The van der Waals surface area contributed by atoms with Crippen molar-refractivity contribution in [2.24, 2.45) is 0 Å². The number of nitrogens with zero attached hydrogens (tertiary/aromatic N) is 2. The first-order valence-corrected chi connectivity index (χ1v) is 5.63. The smallest absolute Gasteiger partial charge is 0.213 e. The van der Waals surface area contributed by atoms with Crippen molar-refractivity contribution in [3.05, 3.63) is 59.2 Å². The van der Waals surface area contributed by atoms with Crippen molar-refractivity contribution >= 4 is 5.78 Å². The first kappa shape index (κ1) is 11.5. The van der Waals surface area contributed by atoms with Crippen LogP contribution in [0.2, 0.25) is 0 Å². The van der Waals surface area contributed by atoms with Crippen molar-refractivity contribution in [2.75, 3.05) is 0 Å². The van der Waals surface area contributed by atoms with E-state index in [0.29, 0.717) is 11.3 Å². The highest BCUT2D eigenvalue weighted by atomic mass is 16.1. The Bertz CT molecular complexity index is 549. The summed E-state index contributed by atoms with van der Waals surface area (Å²) < 4.78 is 0. The van der Waals surface area contributed by atoms with Crippen LogP contribution in [0.5, 0.6) is 0 Å². The number of carbonyl (C=O) groups is 1. The van der Waals surface area contributed by atoms with E-state index in [9.17, 15) is 4.79 Å². The zero-order valence-corrected chi connectivity index (χ0v) is 9.97. The van der Waals surface area contributed by atoms with Crippen LogP contribution in [0, 0.1) is 6.92 Å². The predicted molar refractivity (Wildman–Crippen MR) is 66.0 cm³/mol. The van der Waals surface area contributed by atoms with Crippen LogP contribution >= 0.6 is 0 Å². The molecule has 2 aromatic heterocycles. The number of rotatable bonds is 3. The molecule has 17 heavy (non-hydrogen) atoms. The van der Waals surface area contributed by atoms with Gasteiger partial charge in [-0.1, -0.05) is 13.0 Å². The van der Waals surface area contributed by atoms with Crippen LogP contribution in [-0.4, -0.2) is 15.8 Å². The third kappa shape index (κ3) is 2.23. The van der Waals surface area contributed by atoms with Gasteiger partial charge in [0.15, 0.2) is 0 Å². The van der Waals surface area contributed by atoms with Gasteiger partial charge in [-0.2, -0.15) is 0 Å². The van der Waals surface area contributed by atoms with E-state index in [-0.39, 0.29) is 5.78 Å². The molecular weight excluding hydrogens is 212 g/mol. The van der Waals surface area contributed by atoms with Crippen LogP contribution in [0.1, 0.15) is 34.1 Å². The van der Waals surface area contributed by atoms with Gasteiger partial charge in [0.1, 0.15) is 5.69 Å². The normalized spacial score (nSPS) is 10.2. The maximum absolute atomic E-state index is 12.3. The number of hydrogen-bond donors (Lipinski definition) is 0. The number of carbonyl (C=O) groups excluding carboxylic acids is 1. The first-order valence-electron chi connectivity index (χ1n) is 5.63. The molecule has 2 rings (SSSR count).